The van der Waals surface area contributed by atoms with Crippen molar-refractivity contribution in [1.82, 2.24) is 18.3 Å². The molecule has 0 saturated carbocycles. The van der Waals surface area contributed by atoms with Crippen molar-refractivity contribution < 1.29 is 13.3 Å². The van der Waals surface area contributed by atoms with Crippen LogP contribution >= 0.6 is 11.3 Å². The second-order valence-electron chi connectivity index (χ2n) is 27.3. The minimum atomic E-state index is 0.901. The van der Waals surface area contributed by atoms with E-state index < -0.39 is 0 Å². The number of aromatic nitrogens is 4. The van der Waals surface area contributed by atoms with Gasteiger partial charge in [0.25, 0.3) is 0 Å². The average molecular weight is 1350 g/mol. The quantitative estimate of drug-likeness (QED) is 0.167. The molecule has 0 atom stereocenters. The molecule has 0 unspecified atom stereocenters. The van der Waals surface area contributed by atoms with Crippen LogP contribution in [0.2, 0.25) is 0 Å². The van der Waals surface area contributed by atoms with Gasteiger partial charge in [-0.3, -0.25) is 0 Å². The number of para-hydroxylation sites is 7. The fourth-order valence-electron chi connectivity index (χ4n) is 17.3. The summed E-state index contributed by atoms with van der Waals surface area (Å²) >= 11 is 1.88. The van der Waals surface area contributed by atoms with Gasteiger partial charge in [0.2, 0.25) is 0 Å². The van der Waals surface area contributed by atoms with Gasteiger partial charge in [-0.1, -0.05) is 194 Å². The summed E-state index contributed by atoms with van der Waals surface area (Å²) in [6, 6.07) is 122. The standard InChI is InChI=1S/C48H28N2O2.C48H28N2OS/c1-3-11-31(12-4-1)49-40-25-26-44-46(37-16-8-10-18-43(37)51-44)45(40)36-21-19-30(28-41(36)49)29-20-24-39-38(27-29)34-22-23-35-33-15-7-9-17-42(33)52-48(35)47(34)50(39)32-13-5-2-6-14-32;1-3-11-31(12-4-1)49-40-25-26-44-46(37-16-8-10-18-43(37)52-44)45(40)36-21-19-30(28-41(36)49)29-20-24-39-38(27-29)34-22-23-35-33-15-7-9-17-42(33)51-48(35)47(34)50(39)32-13-5-2-6-14-32/h2*1-28H. The molecule has 0 bridgehead atoms. The molecule has 8 heterocycles. The van der Waals surface area contributed by atoms with Crippen LogP contribution in [0.5, 0.6) is 0 Å². The highest BCUT2D eigenvalue weighted by Crippen LogP contribution is 2.49. The molecule has 24 aromatic rings. The lowest BCUT2D eigenvalue weighted by Gasteiger charge is -2.10. The van der Waals surface area contributed by atoms with Crippen LogP contribution < -0.4 is 0 Å². The molecule has 0 saturated heterocycles. The molecular formula is C96H56N4O3S. The van der Waals surface area contributed by atoms with Crippen LogP contribution in [0.1, 0.15) is 0 Å². The van der Waals surface area contributed by atoms with Crippen LogP contribution in [0.3, 0.4) is 0 Å². The summed E-state index contributed by atoms with van der Waals surface area (Å²) in [6.45, 7) is 0. The molecule has 7 nitrogen and oxygen atoms in total. The van der Waals surface area contributed by atoms with E-state index in [1.165, 1.54) is 85.4 Å². The zero-order valence-corrected chi connectivity index (χ0v) is 56.6. The normalized spacial score (nSPS) is 12.2. The molecule has 16 aromatic carbocycles. The van der Waals surface area contributed by atoms with Gasteiger partial charge >= 0.3 is 0 Å². The number of nitrogens with zero attached hydrogens (tertiary/aromatic N) is 4. The summed E-state index contributed by atoms with van der Waals surface area (Å²) in [6.07, 6.45) is 0. The van der Waals surface area contributed by atoms with Gasteiger partial charge in [-0.15, -0.1) is 11.3 Å². The van der Waals surface area contributed by atoms with Crippen molar-refractivity contribution >= 4 is 185 Å². The van der Waals surface area contributed by atoms with Crippen molar-refractivity contribution in [3.8, 4) is 45.0 Å². The van der Waals surface area contributed by atoms with Crippen molar-refractivity contribution in [1.29, 1.82) is 0 Å². The first-order valence-electron chi connectivity index (χ1n) is 35.4. The Balaban J connectivity index is 0.000000127. The number of hydrogen-bond acceptors (Lipinski definition) is 4. The Hall–Kier alpha value is -13.7. The van der Waals surface area contributed by atoms with E-state index in [1.807, 2.05) is 29.5 Å². The lowest BCUT2D eigenvalue weighted by molar-refractivity contribution is 0.669. The minimum Gasteiger partial charge on any atom is -0.456 e. The number of hydrogen-bond donors (Lipinski definition) is 0. The van der Waals surface area contributed by atoms with E-state index in [1.54, 1.807) is 0 Å². The second kappa shape index (κ2) is 21.9. The highest BCUT2D eigenvalue weighted by atomic mass is 32.1. The molecule has 0 aliphatic rings. The van der Waals surface area contributed by atoms with Gasteiger partial charge in [0.1, 0.15) is 22.3 Å². The van der Waals surface area contributed by atoms with Crippen molar-refractivity contribution in [2.75, 3.05) is 0 Å². The highest BCUT2D eigenvalue weighted by Gasteiger charge is 2.26. The largest absolute Gasteiger partial charge is 0.456 e. The summed E-state index contributed by atoms with van der Waals surface area (Å²) in [4.78, 5) is 0. The molecule has 0 aliphatic carbocycles. The van der Waals surface area contributed by atoms with E-state index in [4.69, 9.17) is 13.3 Å². The zero-order valence-electron chi connectivity index (χ0n) is 55.8. The molecule has 0 spiro atoms. The van der Waals surface area contributed by atoms with Crippen LogP contribution in [0.15, 0.2) is 353 Å². The van der Waals surface area contributed by atoms with Crippen LogP contribution in [0.25, 0.3) is 218 Å². The third-order valence-corrected chi connectivity index (χ3v) is 22.9. The molecule has 484 valence electrons. The first kappa shape index (κ1) is 57.1. The van der Waals surface area contributed by atoms with Gasteiger partial charge in [-0.2, -0.15) is 0 Å². The van der Waals surface area contributed by atoms with Crippen LogP contribution in [0, 0.1) is 0 Å². The zero-order chi connectivity index (χ0) is 67.8. The topological polar surface area (TPSA) is 59.1 Å². The fraction of sp³-hybridized carbons (Fsp3) is 0. The van der Waals surface area contributed by atoms with Crippen molar-refractivity contribution in [2.45, 2.75) is 0 Å². The van der Waals surface area contributed by atoms with Crippen molar-refractivity contribution in [3.05, 3.63) is 340 Å². The number of rotatable bonds is 6. The van der Waals surface area contributed by atoms with E-state index in [0.29, 0.717) is 0 Å². The SMILES string of the molecule is c1ccc(-n2c3cc(-c4ccc5c(c4)c4ccc6c7ccccc7oc6c4n5-c4ccccc4)ccc3c3c4c(ccc32)oc2ccccc24)cc1.c1ccc(-n2c3cc(-c4ccc5c(c4)c4ccc6c7ccccc7oc6c4n5-c4ccccc4)ccc3c3c4c(ccc32)sc2ccccc24)cc1. The monoisotopic (exact) mass is 1340 g/mol. The van der Waals surface area contributed by atoms with E-state index in [2.05, 4.69) is 340 Å². The first-order chi connectivity index (χ1) is 51.6. The van der Waals surface area contributed by atoms with E-state index in [0.717, 1.165) is 133 Å². The maximum absolute atomic E-state index is 6.63. The number of furan rings is 3. The van der Waals surface area contributed by atoms with Crippen LogP contribution in [0.4, 0.5) is 0 Å². The minimum absolute atomic E-state index is 0.901. The molecule has 0 N–H and O–H groups in total. The lowest BCUT2D eigenvalue weighted by Crippen LogP contribution is -1.94. The van der Waals surface area contributed by atoms with E-state index in [-0.39, 0.29) is 0 Å². The molecule has 104 heavy (non-hydrogen) atoms. The number of thiophene rings is 1. The Kier molecular flexibility index (Phi) is 12.0. The summed E-state index contributed by atoms with van der Waals surface area (Å²) in [7, 11) is 0. The van der Waals surface area contributed by atoms with Gasteiger partial charge in [-0.05, 0) is 168 Å². The lowest BCUT2D eigenvalue weighted by atomic mass is 10.00. The Morgan fingerprint density at radius 2 is 0.567 bits per heavy atom. The Bertz CT molecular complexity index is 7250. The fourth-order valence-corrected chi connectivity index (χ4v) is 18.4. The molecular weight excluding hydrogens is 1290 g/mol. The maximum Gasteiger partial charge on any atom is 0.160 e. The predicted molar refractivity (Wildman–Crippen MR) is 436 cm³/mol. The second-order valence-corrected chi connectivity index (χ2v) is 28.4. The summed E-state index contributed by atoms with van der Waals surface area (Å²) < 4.78 is 31.8. The summed E-state index contributed by atoms with van der Waals surface area (Å²) in [5.74, 6) is 0. The smallest absolute Gasteiger partial charge is 0.160 e. The molecule has 0 fully saturated rings. The van der Waals surface area contributed by atoms with Gasteiger partial charge in [0.05, 0.1) is 44.1 Å². The molecule has 8 aromatic heterocycles. The van der Waals surface area contributed by atoms with Crippen molar-refractivity contribution in [2.24, 2.45) is 0 Å². The van der Waals surface area contributed by atoms with Crippen LogP contribution in [-0.4, -0.2) is 18.3 Å². The van der Waals surface area contributed by atoms with Gasteiger partial charge in [-0.25, -0.2) is 0 Å². The third kappa shape index (κ3) is 8.22. The Morgan fingerprint density at radius 1 is 0.192 bits per heavy atom. The van der Waals surface area contributed by atoms with Gasteiger partial charge < -0.3 is 31.5 Å². The summed E-state index contributed by atoms with van der Waals surface area (Å²) in [5.41, 5.74) is 23.9. The molecule has 0 aliphatic heterocycles. The Morgan fingerprint density at radius 3 is 1.08 bits per heavy atom. The van der Waals surface area contributed by atoms with Gasteiger partial charge in [0, 0.05) is 118 Å². The maximum atomic E-state index is 6.63. The highest BCUT2D eigenvalue weighted by molar-refractivity contribution is 7.26. The molecule has 24 rings (SSSR count). The number of benzene rings is 16. The molecule has 0 radical (unpaired) electrons. The van der Waals surface area contributed by atoms with Gasteiger partial charge in [0.15, 0.2) is 11.2 Å². The van der Waals surface area contributed by atoms with Crippen LogP contribution in [-0.2, 0) is 0 Å². The molecule has 8 heteroatoms. The predicted octanol–water partition coefficient (Wildman–Crippen LogP) is 27.2. The van der Waals surface area contributed by atoms with E-state index >= 15 is 0 Å². The first-order valence-corrected chi connectivity index (χ1v) is 36.2. The Labute approximate surface area is 596 Å². The summed E-state index contributed by atoms with van der Waals surface area (Å²) in [5, 5.41) is 19.2. The van der Waals surface area contributed by atoms with Crippen molar-refractivity contribution in [3.63, 3.8) is 0 Å². The average Bonchev–Trinajstić information content (AvgIpc) is 1.56. The number of fused-ring (bicyclic) bond motifs is 28. The van der Waals surface area contributed by atoms with E-state index in [9.17, 15) is 0 Å². The third-order valence-electron chi connectivity index (χ3n) is 21.8. The molecule has 0 amide bonds.